The largest absolute Gasteiger partial charge is 0.312 e. The lowest BCUT2D eigenvalue weighted by Crippen LogP contribution is -2.33. The second-order valence-electron chi connectivity index (χ2n) is 5.24. The van der Waals surface area contributed by atoms with Gasteiger partial charge in [-0.15, -0.1) is 0 Å². The van der Waals surface area contributed by atoms with Crippen LogP contribution in [0.1, 0.15) is 22.6 Å². The third-order valence-electron chi connectivity index (χ3n) is 3.88. The van der Waals surface area contributed by atoms with Crippen molar-refractivity contribution >= 4 is 5.78 Å². The molecule has 1 heterocycles. The minimum atomic E-state index is -0.928. The molecule has 1 aliphatic heterocycles. The van der Waals surface area contributed by atoms with Crippen LogP contribution in [-0.2, 0) is 17.8 Å². The van der Waals surface area contributed by atoms with Crippen molar-refractivity contribution in [3.8, 4) is 0 Å². The fourth-order valence-electron chi connectivity index (χ4n) is 2.78. The summed E-state index contributed by atoms with van der Waals surface area (Å²) in [5.41, 5.74) is 2.18. The standard InChI is InChI=1S/C17H15F2NO/c18-15-7-3-5-11(17(15)19)8-16(21)14-10-20-9-12-4-1-2-6-13(12)14/h1-7,14,20H,8-10H2. The van der Waals surface area contributed by atoms with E-state index in [1.807, 2.05) is 24.3 Å². The molecular formula is C17H15F2NO. The van der Waals surface area contributed by atoms with Gasteiger partial charge in [0, 0.05) is 19.5 Å². The maximum absolute atomic E-state index is 13.7. The number of halogens is 2. The van der Waals surface area contributed by atoms with Crippen LogP contribution in [0.5, 0.6) is 0 Å². The molecule has 1 aliphatic rings. The van der Waals surface area contributed by atoms with Gasteiger partial charge in [0.1, 0.15) is 5.78 Å². The summed E-state index contributed by atoms with van der Waals surface area (Å²) in [6.07, 6.45) is -0.0930. The first-order valence-electron chi connectivity index (χ1n) is 6.91. The fraction of sp³-hybridized carbons (Fsp3) is 0.235. The van der Waals surface area contributed by atoms with Crippen LogP contribution in [0.25, 0.3) is 0 Å². The average molecular weight is 287 g/mol. The zero-order valence-electron chi connectivity index (χ0n) is 11.4. The summed E-state index contributed by atoms with van der Waals surface area (Å²) >= 11 is 0. The Hall–Kier alpha value is -2.07. The van der Waals surface area contributed by atoms with E-state index >= 15 is 0 Å². The summed E-state index contributed by atoms with van der Waals surface area (Å²) in [6.45, 7) is 1.26. The summed E-state index contributed by atoms with van der Waals surface area (Å²) in [5.74, 6) is -2.25. The van der Waals surface area contributed by atoms with E-state index in [9.17, 15) is 13.6 Å². The van der Waals surface area contributed by atoms with Crippen molar-refractivity contribution < 1.29 is 13.6 Å². The summed E-state index contributed by atoms with van der Waals surface area (Å²) < 4.78 is 26.9. The maximum Gasteiger partial charge on any atom is 0.162 e. The van der Waals surface area contributed by atoms with E-state index < -0.39 is 11.6 Å². The van der Waals surface area contributed by atoms with Crippen molar-refractivity contribution in [2.45, 2.75) is 18.9 Å². The van der Waals surface area contributed by atoms with Gasteiger partial charge in [0.15, 0.2) is 11.6 Å². The highest BCUT2D eigenvalue weighted by Crippen LogP contribution is 2.26. The number of carbonyl (C=O) groups excluding carboxylic acids is 1. The van der Waals surface area contributed by atoms with Crippen LogP contribution < -0.4 is 5.32 Å². The van der Waals surface area contributed by atoms with Gasteiger partial charge in [-0.1, -0.05) is 36.4 Å². The van der Waals surface area contributed by atoms with Gasteiger partial charge in [0.2, 0.25) is 0 Å². The molecule has 0 bridgehead atoms. The van der Waals surface area contributed by atoms with Crippen LogP contribution in [0.2, 0.25) is 0 Å². The molecule has 0 fully saturated rings. The molecule has 0 spiro atoms. The van der Waals surface area contributed by atoms with E-state index in [2.05, 4.69) is 5.32 Å². The van der Waals surface area contributed by atoms with Crippen molar-refractivity contribution in [1.82, 2.24) is 5.32 Å². The van der Waals surface area contributed by atoms with Gasteiger partial charge in [-0.3, -0.25) is 4.79 Å². The van der Waals surface area contributed by atoms with Crippen molar-refractivity contribution in [2.75, 3.05) is 6.54 Å². The Morgan fingerprint density at radius 2 is 1.95 bits per heavy atom. The Bertz CT molecular complexity index is 684. The number of rotatable bonds is 3. The predicted octanol–water partition coefficient (Wildman–Crippen LogP) is 2.96. The Balaban J connectivity index is 1.85. The Morgan fingerprint density at radius 3 is 2.81 bits per heavy atom. The van der Waals surface area contributed by atoms with Crippen LogP contribution in [0, 0.1) is 11.6 Å². The first-order valence-corrected chi connectivity index (χ1v) is 6.91. The second kappa shape index (κ2) is 5.74. The molecule has 1 N–H and O–H groups in total. The topological polar surface area (TPSA) is 29.1 Å². The molecule has 1 atom stereocenters. The van der Waals surface area contributed by atoms with Crippen molar-refractivity contribution in [3.63, 3.8) is 0 Å². The second-order valence-corrected chi connectivity index (χ2v) is 5.24. The number of nitrogens with one attached hydrogen (secondary N) is 1. The Kier molecular flexibility index (Phi) is 3.80. The number of ketones is 1. The number of Topliss-reactive ketones (excluding diaryl/α,β-unsaturated/α-hetero) is 1. The van der Waals surface area contributed by atoms with Crippen molar-refractivity contribution in [1.29, 1.82) is 0 Å². The zero-order valence-corrected chi connectivity index (χ0v) is 11.4. The highest BCUT2D eigenvalue weighted by atomic mass is 19.2. The van der Waals surface area contributed by atoms with Crippen molar-refractivity contribution in [3.05, 3.63) is 70.8 Å². The molecule has 1 unspecified atom stereocenters. The number of fused-ring (bicyclic) bond motifs is 1. The van der Waals surface area contributed by atoms with Crippen LogP contribution in [-0.4, -0.2) is 12.3 Å². The van der Waals surface area contributed by atoms with Gasteiger partial charge >= 0.3 is 0 Å². The van der Waals surface area contributed by atoms with Crippen LogP contribution in [0.3, 0.4) is 0 Å². The van der Waals surface area contributed by atoms with E-state index in [0.717, 1.165) is 23.7 Å². The summed E-state index contributed by atoms with van der Waals surface area (Å²) in [7, 11) is 0. The third-order valence-corrected chi connectivity index (χ3v) is 3.88. The quantitative estimate of drug-likeness (QED) is 0.940. The lowest BCUT2D eigenvalue weighted by molar-refractivity contribution is -0.120. The number of hydrogen-bond donors (Lipinski definition) is 1. The molecule has 2 nitrogen and oxygen atoms in total. The van der Waals surface area contributed by atoms with Crippen molar-refractivity contribution in [2.24, 2.45) is 0 Å². The minimum absolute atomic E-state index is 0.0930. The number of hydrogen-bond acceptors (Lipinski definition) is 2. The van der Waals surface area contributed by atoms with E-state index in [0.29, 0.717) is 6.54 Å². The molecule has 21 heavy (non-hydrogen) atoms. The molecule has 108 valence electrons. The van der Waals surface area contributed by atoms with Crippen LogP contribution in [0.15, 0.2) is 42.5 Å². The lowest BCUT2D eigenvalue weighted by atomic mass is 9.85. The predicted molar refractivity (Wildman–Crippen MR) is 76.0 cm³/mol. The van der Waals surface area contributed by atoms with Crippen LogP contribution >= 0.6 is 0 Å². The van der Waals surface area contributed by atoms with Gasteiger partial charge in [-0.05, 0) is 22.8 Å². The molecule has 0 amide bonds. The first-order chi connectivity index (χ1) is 10.2. The van der Waals surface area contributed by atoms with Gasteiger partial charge in [0.25, 0.3) is 0 Å². The molecule has 0 aromatic heterocycles. The highest BCUT2D eigenvalue weighted by Gasteiger charge is 2.26. The Morgan fingerprint density at radius 1 is 1.14 bits per heavy atom. The minimum Gasteiger partial charge on any atom is -0.312 e. The molecule has 0 aliphatic carbocycles. The van der Waals surface area contributed by atoms with E-state index in [1.165, 1.54) is 12.1 Å². The van der Waals surface area contributed by atoms with E-state index in [-0.39, 0.29) is 23.7 Å². The summed E-state index contributed by atoms with van der Waals surface area (Å²) in [6, 6.07) is 11.7. The normalized spacial score (nSPS) is 17.3. The van der Waals surface area contributed by atoms with Gasteiger partial charge < -0.3 is 5.32 Å². The first kappa shape index (κ1) is 13.9. The molecule has 2 aromatic rings. The molecule has 3 rings (SSSR count). The molecule has 4 heteroatoms. The third kappa shape index (κ3) is 2.72. The van der Waals surface area contributed by atoms with Gasteiger partial charge in [-0.2, -0.15) is 0 Å². The monoisotopic (exact) mass is 287 g/mol. The molecular weight excluding hydrogens is 272 g/mol. The molecule has 2 aromatic carbocycles. The number of benzene rings is 2. The highest BCUT2D eigenvalue weighted by molar-refractivity contribution is 5.88. The zero-order chi connectivity index (χ0) is 14.8. The Labute approximate surface area is 121 Å². The molecule has 0 radical (unpaired) electrons. The summed E-state index contributed by atoms with van der Waals surface area (Å²) in [4.78, 5) is 12.5. The van der Waals surface area contributed by atoms with E-state index in [1.54, 1.807) is 0 Å². The van der Waals surface area contributed by atoms with Crippen LogP contribution in [0.4, 0.5) is 8.78 Å². The van der Waals surface area contributed by atoms with Gasteiger partial charge in [0.05, 0.1) is 5.92 Å². The molecule has 0 saturated heterocycles. The number of carbonyl (C=O) groups is 1. The smallest absolute Gasteiger partial charge is 0.162 e. The SMILES string of the molecule is O=C(Cc1cccc(F)c1F)C1CNCc2ccccc21. The molecule has 0 saturated carbocycles. The lowest BCUT2D eigenvalue weighted by Gasteiger charge is -2.25. The maximum atomic E-state index is 13.7. The average Bonchev–Trinajstić information content (AvgIpc) is 2.51. The van der Waals surface area contributed by atoms with E-state index in [4.69, 9.17) is 0 Å². The summed E-state index contributed by atoms with van der Waals surface area (Å²) in [5, 5.41) is 3.20. The fourth-order valence-corrected chi connectivity index (χ4v) is 2.78. The van der Waals surface area contributed by atoms with Gasteiger partial charge in [-0.25, -0.2) is 8.78 Å².